The van der Waals surface area contributed by atoms with Crippen molar-refractivity contribution in [3.8, 4) is 0 Å². The lowest BCUT2D eigenvalue weighted by atomic mass is 10.2. The van der Waals surface area contributed by atoms with E-state index in [1.807, 2.05) is 12.1 Å². The first-order chi connectivity index (χ1) is 12.3. The van der Waals surface area contributed by atoms with E-state index >= 15 is 0 Å². The fraction of sp³-hybridized carbons (Fsp3) is 0.650. The van der Waals surface area contributed by atoms with Crippen molar-refractivity contribution in [2.45, 2.75) is 44.6 Å². The van der Waals surface area contributed by atoms with Crippen LogP contribution < -0.4 is 10.2 Å². The zero-order valence-corrected chi connectivity index (χ0v) is 15.1. The summed E-state index contributed by atoms with van der Waals surface area (Å²) in [6, 6.07) is 8.70. The molecule has 3 saturated heterocycles. The predicted octanol–water partition coefficient (Wildman–Crippen LogP) is 3.38. The van der Waals surface area contributed by atoms with Gasteiger partial charge in [0.2, 0.25) is 0 Å². The highest BCUT2D eigenvalue weighted by atomic mass is 16.2. The number of hydrogen-bond acceptors (Lipinski definition) is 3. The molecule has 3 fully saturated rings. The van der Waals surface area contributed by atoms with Gasteiger partial charge in [0.05, 0.1) is 11.4 Å². The van der Waals surface area contributed by atoms with Crippen molar-refractivity contribution in [3.05, 3.63) is 24.3 Å². The topological polar surface area (TPSA) is 38.8 Å². The van der Waals surface area contributed by atoms with Crippen LogP contribution in [0.5, 0.6) is 0 Å². The molecule has 1 N–H and O–H groups in total. The fourth-order valence-corrected chi connectivity index (χ4v) is 4.56. The molecule has 1 aromatic rings. The van der Waals surface area contributed by atoms with E-state index in [0.717, 1.165) is 44.7 Å². The molecule has 5 heteroatoms. The van der Waals surface area contributed by atoms with Gasteiger partial charge < -0.3 is 20.0 Å². The van der Waals surface area contributed by atoms with E-state index < -0.39 is 0 Å². The van der Waals surface area contributed by atoms with Gasteiger partial charge in [-0.05, 0) is 63.7 Å². The minimum atomic E-state index is 0.0772. The van der Waals surface area contributed by atoms with Gasteiger partial charge in [-0.25, -0.2) is 4.79 Å². The van der Waals surface area contributed by atoms with Crippen LogP contribution in [0.25, 0.3) is 0 Å². The van der Waals surface area contributed by atoms with Crippen LogP contribution in [0.1, 0.15) is 38.5 Å². The molecule has 0 spiro atoms. The number of benzene rings is 1. The van der Waals surface area contributed by atoms with Crippen molar-refractivity contribution in [1.29, 1.82) is 0 Å². The predicted molar refractivity (Wildman–Crippen MR) is 102 cm³/mol. The van der Waals surface area contributed by atoms with E-state index in [9.17, 15) is 4.79 Å². The van der Waals surface area contributed by atoms with Crippen LogP contribution in [0, 0.1) is 0 Å². The quantitative estimate of drug-likeness (QED) is 0.912. The van der Waals surface area contributed by atoms with Crippen molar-refractivity contribution in [1.82, 2.24) is 9.80 Å². The third-order valence-electron chi connectivity index (χ3n) is 5.90. The first-order valence-corrected chi connectivity index (χ1v) is 9.95. The van der Waals surface area contributed by atoms with Crippen molar-refractivity contribution < 1.29 is 4.79 Å². The van der Waals surface area contributed by atoms with Crippen LogP contribution in [0.4, 0.5) is 16.2 Å². The maximum atomic E-state index is 12.9. The first kappa shape index (κ1) is 16.7. The minimum Gasteiger partial charge on any atom is -0.370 e. The molecule has 2 amide bonds. The third kappa shape index (κ3) is 3.76. The van der Waals surface area contributed by atoms with E-state index in [1.165, 1.54) is 44.5 Å². The number of carbonyl (C=O) groups is 1. The number of para-hydroxylation sites is 2. The summed E-state index contributed by atoms with van der Waals surface area (Å²) < 4.78 is 0. The molecule has 0 aromatic heterocycles. The Morgan fingerprint density at radius 2 is 1.68 bits per heavy atom. The Labute approximate surface area is 151 Å². The Morgan fingerprint density at radius 3 is 2.48 bits per heavy atom. The van der Waals surface area contributed by atoms with Crippen molar-refractivity contribution in [2.75, 3.05) is 49.5 Å². The zero-order chi connectivity index (χ0) is 17.1. The van der Waals surface area contributed by atoms with Gasteiger partial charge in [0.15, 0.2) is 0 Å². The second-order valence-electron chi connectivity index (χ2n) is 7.64. The summed E-state index contributed by atoms with van der Waals surface area (Å²) in [7, 11) is 0. The summed E-state index contributed by atoms with van der Waals surface area (Å²) in [5.41, 5.74) is 2.13. The van der Waals surface area contributed by atoms with Crippen LogP contribution in [0.2, 0.25) is 0 Å². The summed E-state index contributed by atoms with van der Waals surface area (Å²) in [5.74, 6) is 0. The molecule has 0 radical (unpaired) electrons. The molecule has 1 atom stereocenters. The summed E-state index contributed by atoms with van der Waals surface area (Å²) in [6.45, 7) is 6.51. The smallest absolute Gasteiger partial charge is 0.322 e. The summed E-state index contributed by atoms with van der Waals surface area (Å²) in [6.07, 6.45) is 7.36. The van der Waals surface area contributed by atoms with E-state index in [0.29, 0.717) is 6.04 Å². The number of amides is 2. The van der Waals surface area contributed by atoms with Gasteiger partial charge in [0, 0.05) is 32.2 Å². The summed E-state index contributed by atoms with van der Waals surface area (Å²) >= 11 is 0. The number of anilines is 2. The molecule has 3 aliphatic heterocycles. The molecule has 1 unspecified atom stereocenters. The Bertz CT molecular complexity index is 593. The molecule has 136 valence electrons. The molecule has 1 aromatic carbocycles. The molecule has 4 rings (SSSR count). The Morgan fingerprint density at radius 1 is 0.960 bits per heavy atom. The molecule has 0 saturated carbocycles. The summed E-state index contributed by atoms with van der Waals surface area (Å²) in [5, 5.41) is 3.21. The first-order valence-electron chi connectivity index (χ1n) is 9.95. The third-order valence-corrected chi connectivity index (χ3v) is 5.90. The average molecular weight is 342 g/mol. The van der Waals surface area contributed by atoms with E-state index in [4.69, 9.17) is 0 Å². The number of rotatable bonds is 4. The summed E-state index contributed by atoms with van der Waals surface area (Å²) in [4.78, 5) is 19.9. The van der Waals surface area contributed by atoms with E-state index in [-0.39, 0.29) is 6.03 Å². The average Bonchev–Trinajstić information content (AvgIpc) is 3.38. The maximum Gasteiger partial charge on any atom is 0.322 e. The van der Waals surface area contributed by atoms with Gasteiger partial charge in [-0.15, -0.1) is 0 Å². The second-order valence-corrected chi connectivity index (χ2v) is 7.64. The van der Waals surface area contributed by atoms with Crippen molar-refractivity contribution >= 4 is 17.4 Å². The highest BCUT2D eigenvalue weighted by Gasteiger charge is 2.31. The number of nitrogens with one attached hydrogen (secondary N) is 1. The van der Waals surface area contributed by atoms with Gasteiger partial charge in [-0.2, -0.15) is 0 Å². The van der Waals surface area contributed by atoms with Crippen LogP contribution in [0.3, 0.4) is 0 Å². The Kier molecular flexibility index (Phi) is 5.11. The van der Waals surface area contributed by atoms with Crippen LogP contribution in [0.15, 0.2) is 24.3 Å². The van der Waals surface area contributed by atoms with Gasteiger partial charge in [0.25, 0.3) is 0 Å². The Balaban J connectivity index is 1.42. The molecule has 0 bridgehead atoms. The highest BCUT2D eigenvalue weighted by molar-refractivity contribution is 5.93. The maximum absolute atomic E-state index is 12.9. The van der Waals surface area contributed by atoms with Crippen molar-refractivity contribution in [2.24, 2.45) is 0 Å². The standard InChI is InChI=1S/C20H30N4O/c25-20(24-15-7-8-17(24)16-22-11-3-4-12-22)21-18-9-1-2-10-19(18)23-13-5-6-14-23/h1-2,9-10,17H,3-8,11-16H2,(H,21,25). The van der Waals surface area contributed by atoms with Gasteiger partial charge in [0.1, 0.15) is 0 Å². The normalized spacial score (nSPS) is 24.2. The second kappa shape index (κ2) is 7.65. The monoisotopic (exact) mass is 342 g/mol. The van der Waals surface area contributed by atoms with E-state index in [2.05, 4.69) is 32.1 Å². The molecule has 3 heterocycles. The van der Waals surface area contributed by atoms with Gasteiger partial charge in [-0.1, -0.05) is 12.1 Å². The molecular weight excluding hydrogens is 312 g/mol. The van der Waals surface area contributed by atoms with Crippen LogP contribution in [-0.2, 0) is 0 Å². The number of likely N-dealkylation sites (tertiary alicyclic amines) is 2. The molecule has 3 aliphatic rings. The zero-order valence-electron chi connectivity index (χ0n) is 15.1. The SMILES string of the molecule is O=C(Nc1ccccc1N1CCCC1)N1CCCC1CN1CCCC1. The molecular formula is C20H30N4O. The molecule has 0 aliphatic carbocycles. The number of carbonyl (C=O) groups excluding carboxylic acids is 1. The van der Waals surface area contributed by atoms with Crippen LogP contribution in [-0.4, -0.2) is 61.1 Å². The van der Waals surface area contributed by atoms with Crippen LogP contribution >= 0.6 is 0 Å². The number of urea groups is 1. The van der Waals surface area contributed by atoms with Gasteiger partial charge in [-0.3, -0.25) is 0 Å². The fourth-order valence-electron chi connectivity index (χ4n) is 4.56. The number of hydrogen-bond donors (Lipinski definition) is 1. The highest BCUT2D eigenvalue weighted by Crippen LogP contribution is 2.29. The Hall–Kier alpha value is -1.75. The molecule has 25 heavy (non-hydrogen) atoms. The molecule has 5 nitrogen and oxygen atoms in total. The number of nitrogens with zero attached hydrogens (tertiary/aromatic N) is 3. The largest absolute Gasteiger partial charge is 0.370 e. The lowest BCUT2D eigenvalue weighted by Gasteiger charge is -2.29. The minimum absolute atomic E-state index is 0.0772. The van der Waals surface area contributed by atoms with Gasteiger partial charge >= 0.3 is 6.03 Å². The van der Waals surface area contributed by atoms with Crippen molar-refractivity contribution in [3.63, 3.8) is 0 Å². The van der Waals surface area contributed by atoms with E-state index in [1.54, 1.807) is 0 Å². The lowest BCUT2D eigenvalue weighted by Crippen LogP contribution is -2.44. The lowest BCUT2D eigenvalue weighted by molar-refractivity contribution is 0.186.